The molecule has 1 aromatic carbocycles. The Labute approximate surface area is 123 Å². The van der Waals surface area contributed by atoms with Crippen LogP contribution in [0.3, 0.4) is 0 Å². The molecule has 2 unspecified atom stereocenters. The molecule has 0 radical (unpaired) electrons. The molecule has 1 aromatic rings. The smallest absolute Gasteiger partial charge is 0.124 e. The van der Waals surface area contributed by atoms with Crippen molar-refractivity contribution in [2.45, 2.75) is 52.5 Å². The first kappa shape index (κ1) is 15.4. The van der Waals surface area contributed by atoms with Crippen molar-refractivity contribution in [3.05, 3.63) is 29.8 Å². The van der Waals surface area contributed by atoms with Crippen LogP contribution in [0.2, 0.25) is 0 Å². The Balaban J connectivity index is 2.27. The molecule has 1 fully saturated rings. The van der Waals surface area contributed by atoms with Crippen molar-refractivity contribution in [2.24, 2.45) is 11.3 Å². The molecule has 0 amide bonds. The maximum atomic E-state index is 5.96. The Morgan fingerprint density at radius 3 is 2.70 bits per heavy atom. The fourth-order valence-electron chi connectivity index (χ4n) is 3.63. The van der Waals surface area contributed by atoms with Crippen LogP contribution in [0.4, 0.5) is 0 Å². The molecule has 2 rings (SSSR count). The molecule has 0 heterocycles. The SMILES string of the molecule is CCCOc1ccccc1C(NC)C1CCCC1(C)C. The molecule has 1 aliphatic rings. The van der Waals surface area contributed by atoms with Crippen LogP contribution >= 0.6 is 0 Å². The van der Waals surface area contributed by atoms with Crippen molar-refractivity contribution in [1.82, 2.24) is 5.32 Å². The molecule has 1 N–H and O–H groups in total. The van der Waals surface area contributed by atoms with Crippen molar-refractivity contribution >= 4 is 0 Å². The predicted molar refractivity (Wildman–Crippen MR) is 85.2 cm³/mol. The average molecular weight is 275 g/mol. The molecule has 0 aliphatic heterocycles. The molecule has 1 aliphatic carbocycles. The summed E-state index contributed by atoms with van der Waals surface area (Å²) in [5.41, 5.74) is 1.73. The Hall–Kier alpha value is -1.02. The third-order valence-electron chi connectivity index (χ3n) is 4.77. The topological polar surface area (TPSA) is 21.3 Å². The summed E-state index contributed by atoms with van der Waals surface area (Å²) in [5, 5.41) is 3.55. The number of hydrogen-bond acceptors (Lipinski definition) is 2. The van der Waals surface area contributed by atoms with Crippen LogP contribution in [-0.2, 0) is 0 Å². The van der Waals surface area contributed by atoms with E-state index in [4.69, 9.17) is 4.74 Å². The largest absolute Gasteiger partial charge is 0.493 e. The van der Waals surface area contributed by atoms with Gasteiger partial charge in [0.15, 0.2) is 0 Å². The van der Waals surface area contributed by atoms with Crippen LogP contribution in [0.5, 0.6) is 5.75 Å². The van der Waals surface area contributed by atoms with Crippen LogP contribution in [0.15, 0.2) is 24.3 Å². The molecule has 1 saturated carbocycles. The van der Waals surface area contributed by atoms with E-state index >= 15 is 0 Å². The summed E-state index contributed by atoms with van der Waals surface area (Å²) >= 11 is 0. The highest BCUT2D eigenvalue weighted by atomic mass is 16.5. The maximum Gasteiger partial charge on any atom is 0.124 e. The number of ether oxygens (including phenoxy) is 1. The van der Waals surface area contributed by atoms with Gasteiger partial charge in [-0.3, -0.25) is 0 Å². The highest BCUT2D eigenvalue weighted by Gasteiger charge is 2.40. The molecule has 112 valence electrons. The molecule has 0 spiro atoms. The van der Waals surface area contributed by atoms with Gasteiger partial charge in [-0.05, 0) is 43.7 Å². The number of hydrogen-bond donors (Lipinski definition) is 1. The minimum atomic E-state index is 0.389. The van der Waals surface area contributed by atoms with Crippen molar-refractivity contribution in [3.63, 3.8) is 0 Å². The molecule has 0 saturated heterocycles. The van der Waals surface area contributed by atoms with Crippen LogP contribution in [0, 0.1) is 11.3 Å². The standard InChI is InChI=1S/C18H29NO/c1-5-13-20-16-11-7-6-9-14(16)17(19-4)15-10-8-12-18(15,2)3/h6-7,9,11,15,17,19H,5,8,10,12-13H2,1-4H3. The zero-order valence-electron chi connectivity index (χ0n) is 13.4. The van der Waals surface area contributed by atoms with Gasteiger partial charge in [-0.1, -0.05) is 45.4 Å². The van der Waals surface area contributed by atoms with Gasteiger partial charge in [-0.15, -0.1) is 0 Å². The van der Waals surface area contributed by atoms with Gasteiger partial charge in [0.1, 0.15) is 5.75 Å². The number of rotatable bonds is 6. The predicted octanol–water partition coefficient (Wildman–Crippen LogP) is 4.56. The zero-order chi connectivity index (χ0) is 14.6. The Morgan fingerprint density at radius 1 is 1.35 bits per heavy atom. The summed E-state index contributed by atoms with van der Waals surface area (Å²) in [6.07, 6.45) is 5.02. The normalized spacial score (nSPS) is 22.7. The van der Waals surface area contributed by atoms with Crippen LogP contribution in [0.25, 0.3) is 0 Å². The lowest BCUT2D eigenvalue weighted by molar-refractivity contribution is 0.199. The number of para-hydroxylation sites is 1. The molecule has 0 bridgehead atoms. The second kappa shape index (κ2) is 6.62. The summed E-state index contributed by atoms with van der Waals surface area (Å²) in [6, 6.07) is 8.92. The third-order valence-corrected chi connectivity index (χ3v) is 4.77. The Bertz CT molecular complexity index is 427. The van der Waals surface area contributed by atoms with E-state index in [0.717, 1.165) is 18.8 Å². The molecule has 2 nitrogen and oxygen atoms in total. The number of benzene rings is 1. The van der Waals surface area contributed by atoms with E-state index < -0.39 is 0 Å². The minimum absolute atomic E-state index is 0.389. The third kappa shape index (κ3) is 3.17. The van der Waals surface area contributed by atoms with Crippen LogP contribution in [0.1, 0.15) is 58.1 Å². The van der Waals surface area contributed by atoms with Gasteiger partial charge in [0, 0.05) is 11.6 Å². The van der Waals surface area contributed by atoms with Crippen LogP contribution < -0.4 is 10.1 Å². The Morgan fingerprint density at radius 2 is 2.10 bits per heavy atom. The average Bonchev–Trinajstić information content (AvgIpc) is 2.78. The lowest BCUT2D eigenvalue weighted by atomic mass is 9.75. The number of nitrogens with one attached hydrogen (secondary N) is 1. The first-order valence-electron chi connectivity index (χ1n) is 7.99. The van der Waals surface area contributed by atoms with Gasteiger partial charge < -0.3 is 10.1 Å². The van der Waals surface area contributed by atoms with E-state index in [1.54, 1.807) is 0 Å². The highest BCUT2D eigenvalue weighted by molar-refractivity contribution is 5.36. The fraction of sp³-hybridized carbons (Fsp3) is 0.667. The lowest BCUT2D eigenvalue weighted by Gasteiger charge is -2.35. The second-order valence-electron chi connectivity index (χ2n) is 6.64. The molecular formula is C18H29NO. The van der Waals surface area contributed by atoms with E-state index in [0.29, 0.717) is 17.4 Å². The van der Waals surface area contributed by atoms with E-state index in [9.17, 15) is 0 Å². The maximum absolute atomic E-state index is 5.96. The summed E-state index contributed by atoms with van der Waals surface area (Å²) in [5.74, 6) is 1.73. The van der Waals surface area contributed by atoms with Gasteiger partial charge in [0.05, 0.1) is 6.61 Å². The van der Waals surface area contributed by atoms with Crippen LogP contribution in [-0.4, -0.2) is 13.7 Å². The monoisotopic (exact) mass is 275 g/mol. The van der Waals surface area contributed by atoms with E-state index in [1.165, 1.54) is 24.8 Å². The van der Waals surface area contributed by atoms with E-state index in [2.05, 4.69) is 57.4 Å². The molecule has 20 heavy (non-hydrogen) atoms. The fourth-order valence-corrected chi connectivity index (χ4v) is 3.63. The van der Waals surface area contributed by atoms with Crippen molar-refractivity contribution < 1.29 is 4.74 Å². The minimum Gasteiger partial charge on any atom is -0.493 e. The Kier molecular flexibility index (Phi) is 5.09. The van der Waals surface area contributed by atoms with Crippen molar-refractivity contribution in [2.75, 3.05) is 13.7 Å². The molecule has 0 aromatic heterocycles. The molecular weight excluding hydrogens is 246 g/mol. The lowest BCUT2D eigenvalue weighted by Crippen LogP contribution is -2.32. The van der Waals surface area contributed by atoms with Gasteiger partial charge in [-0.2, -0.15) is 0 Å². The quantitative estimate of drug-likeness (QED) is 0.821. The van der Waals surface area contributed by atoms with Gasteiger partial charge >= 0.3 is 0 Å². The first-order valence-corrected chi connectivity index (χ1v) is 7.99. The summed E-state index contributed by atoms with van der Waals surface area (Å²) in [4.78, 5) is 0. The molecule has 2 heteroatoms. The van der Waals surface area contributed by atoms with E-state index in [-0.39, 0.29) is 0 Å². The second-order valence-corrected chi connectivity index (χ2v) is 6.64. The van der Waals surface area contributed by atoms with E-state index in [1.807, 2.05) is 0 Å². The van der Waals surface area contributed by atoms with Gasteiger partial charge in [0.2, 0.25) is 0 Å². The van der Waals surface area contributed by atoms with Gasteiger partial charge in [0.25, 0.3) is 0 Å². The first-order chi connectivity index (χ1) is 9.60. The highest BCUT2D eigenvalue weighted by Crippen LogP contribution is 2.49. The van der Waals surface area contributed by atoms with Gasteiger partial charge in [-0.25, -0.2) is 0 Å². The van der Waals surface area contributed by atoms with Crippen molar-refractivity contribution in [3.8, 4) is 5.75 Å². The molecule has 2 atom stereocenters. The summed E-state index contributed by atoms with van der Waals surface area (Å²) in [6.45, 7) is 7.76. The summed E-state index contributed by atoms with van der Waals surface area (Å²) in [7, 11) is 2.08. The summed E-state index contributed by atoms with van der Waals surface area (Å²) < 4.78 is 5.96. The van der Waals surface area contributed by atoms with Crippen molar-refractivity contribution in [1.29, 1.82) is 0 Å². The zero-order valence-corrected chi connectivity index (χ0v) is 13.4.